The highest BCUT2D eigenvalue weighted by Gasteiger charge is 2.25. The van der Waals surface area contributed by atoms with Gasteiger partial charge >= 0.3 is 5.76 Å². The van der Waals surface area contributed by atoms with Crippen LogP contribution in [0, 0.1) is 0 Å². The first-order valence-corrected chi connectivity index (χ1v) is 9.72. The summed E-state index contributed by atoms with van der Waals surface area (Å²) in [5, 5.41) is 3.63. The van der Waals surface area contributed by atoms with Crippen molar-refractivity contribution in [2.75, 3.05) is 6.54 Å². The zero-order valence-electron chi connectivity index (χ0n) is 16.3. The molecule has 2 N–H and O–H groups in total. The number of aromatic nitrogens is 4. The Morgan fingerprint density at radius 3 is 2.39 bits per heavy atom. The highest BCUT2D eigenvalue weighted by Crippen LogP contribution is 2.21. The van der Waals surface area contributed by atoms with Gasteiger partial charge in [0.25, 0.3) is 11.5 Å². The fourth-order valence-corrected chi connectivity index (χ4v) is 3.64. The van der Waals surface area contributed by atoms with E-state index in [0.717, 1.165) is 11.3 Å². The molecule has 0 bridgehead atoms. The Bertz CT molecular complexity index is 1370. The number of hydrogen-bond donors (Lipinski definition) is 2. The number of carbonyl (C=O) groups excluding carboxylic acids is 1. The molecule has 9 nitrogen and oxygen atoms in total. The first kappa shape index (κ1) is 18.7. The number of nitrogens with zero attached hydrogens (tertiary/aromatic N) is 3. The van der Waals surface area contributed by atoms with E-state index in [2.05, 4.69) is 24.6 Å². The van der Waals surface area contributed by atoms with Gasteiger partial charge in [-0.3, -0.25) is 19.1 Å². The Hall–Kier alpha value is -4.27. The summed E-state index contributed by atoms with van der Waals surface area (Å²) < 4.78 is 4.50. The molecule has 4 aromatic rings. The monoisotopic (exact) mass is 415 g/mol. The minimum atomic E-state index is -0.642. The number of fused-ring (bicyclic) bond motifs is 1. The van der Waals surface area contributed by atoms with Gasteiger partial charge in [0.15, 0.2) is 5.82 Å². The molecule has 31 heavy (non-hydrogen) atoms. The van der Waals surface area contributed by atoms with Crippen molar-refractivity contribution in [1.82, 2.24) is 25.0 Å². The topological polar surface area (TPSA) is 125 Å². The van der Waals surface area contributed by atoms with Crippen LogP contribution in [-0.4, -0.2) is 37.5 Å². The summed E-state index contributed by atoms with van der Waals surface area (Å²) in [4.78, 5) is 48.3. The van der Waals surface area contributed by atoms with Crippen molar-refractivity contribution in [3.63, 3.8) is 0 Å². The lowest BCUT2D eigenvalue weighted by molar-refractivity contribution is 0.0732. The second-order valence-corrected chi connectivity index (χ2v) is 7.20. The van der Waals surface area contributed by atoms with Crippen LogP contribution in [0.25, 0.3) is 22.8 Å². The standard InChI is InChI=1S/C22H17N5O4/c28-20-16-12-27(11-10-17(16)23-18(24-20)13-4-2-1-3-5-13)21(29)15-8-6-14(7-9-15)19-25-22(30)31-26-19/h1-9H,10-12H2,(H,23,24,28)(H,25,26,30). The van der Waals surface area contributed by atoms with Crippen LogP contribution in [0.2, 0.25) is 0 Å². The van der Waals surface area contributed by atoms with Gasteiger partial charge < -0.3 is 9.88 Å². The average molecular weight is 415 g/mol. The van der Waals surface area contributed by atoms with Crippen LogP contribution in [0.5, 0.6) is 0 Å². The van der Waals surface area contributed by atoms with Crippen molar-refractivity contribution in [3.05, 3.63) is 92.3 Å². The van der Waals surface area contributed by atoms with Crippen LogP contribution >= 0.6 is 0 Å². The Labute approximate surface area is 175 Å². The number of amides is 1. The van der Waals surface area contributed by atoms with E-state index in [4.69, 9.17) is 0 Å². The zero-order valence-corrected chi connectivity index (χ0v) is 16.3. The number of carbonyl (C=O) groups is 1. The number of aromatic amines is 2. The van der Waals surface area contributed by atoms with Gasteiger partial charge in [0, 0.05) is 29.7 Å². The number of benzene rings is 2. The molecule has 2 aromatic carbocycles. The number of H-pyrrole nitrogens is 2. The average Bonchev–Trinajstić information content (AvgIpc) is 3.25. The van der Waals surface area contributed by atoms with Gasteiger partial charge in [0.1, 0.15) is 5.82 Å². The lowest BCUT2D eigenvalue weighted by Gasteiger charge is -2.28. The van der Waals surface area contributed by atoms with Crippen LogP contribution in [0.15, 0.2) is 68.7 Å². The molecule has 0 spiro atoms. The smallest absolute Gasteiger partial charge is 0.334 e. The van der Waals surface area contributed by atoms with E-state index in [0.29, 0.717) is 41.3 Å². The van der Waals surface area contributed by atoms with E-state index in [1.165, 1.54) is 0 Å². The number of nitrogens with one attached hydrogen (secondary N) is 2. The third-order valence-electron chi connectivity index (χ3n) is 5.25. The molecule has 0 saturated heterocycles. The molecular formula is C22H17N5O4. The normalized spacial score (nSPS) is 13.1. The third kappa shape index (κ3) is 3.57. The Morgan fingerprint density at radius 2 is 1.68 bits per heavy atom. The lowest BCUT2D eigenvalue weighted by Crippen LogP contribution is -2.39. The van der Waals surface area contributed by atoms with Crippen LogP contribution in [0.1, 0.15) is 21.6 Å². The summed E-state index contributed by atoms with van der Waals surface area (Å²) in [5.74, 6) is 0.00195. The van der Waals surface area contributed by atoms with Crippen molar-refractivity contribution in [2.45, 2.75) is 13.0 Å². The van der Waals surface area contributed by atoms with Gasteiger partial charge in [-0.25, -0.2) is 9.78 Å². The molecular weight excluding hydrogens is 398 g/mol. The van der Waals surface area contributed by atoms with Crippen molar-refractivity contribution in [1.29, 1.82) is 0 Å². The fourth-order valence-electron chi connectivity index (χ4n) is 3.64. The number of hydrogen-bond acceptors (Lipinski definition) is 6. The van der Waals surface area contributed by atoms with Gasteiger partial charge in [0.2, 0.25) is 0 Å². The molecule has 0 radical (unpaired) electrons. The van der Waals surface area contributed by atoms with Crippen molar-refractivity contribution in [2.24, 2.45) is 0 Å². The van der Waals surface area contributed by atoms with E-state index in [9.17, 15) is 14.4 Å². The maximum absolute atomic E-state index is 13.0. The first-order valence-electron chi connectivity index (χ1n) is 9.72. The molecule has 0 atom stereocenters. The van der Waals surface area contributed by atoms with Crippen LogP contribution < -0.4 is 11.3 Å². The predicted octanol–water partition coefficient (Wildman–Crippen LogP) is 1.98. The van der Waals surface area contributed by atoms with Crippen LogP contribution in [-0.2, 0) is 13.0 Å². The van der Waals surface area contributed by atoms with Gasteiger partial charge in [-0.15, -0.1) is 0 Å². The maximum Gasteiger partial charge on any atom is 0.439 e. The highest BCUT2D eigenvalue weighted by atomic mass is 16.5. The largest absolute Gasteiger partial charge is 0.439 e. The third-order valence-corrected chi connectivity index (χ3v) is 5.25. The molecule has 1 aliphatic heterocycles. The summed E-state index contributed by atoms with van der Waals surface area (Å²) >= 11 is 0. The van der Waals surface area contributed by atoms with E-state index in [1.54, 1.807) is 29.2 Å². The summed E-state index contributed by atoms with van der Waals surface area (Å²) in [6.07, 6.45) is 0.503. The van der Waals surface area contributed by atoms with Crippen LogP contribution in [0.3, 0.4) is 0 Å². The first-order chi connectivity index (χ1) is 15.1. The molecule has 5 rings (SSSR count). The minimum Gasteiger partial charge on any atom is -0.334 e. The van der Waals surface area contributed by atoms with Gasteiger partial charge in [-0.1, -0.05) is 47.6 Å². The second kappa shape index (κ2) is 7.52. The summed E-state index contributed by atoms with van der Waals surface area (Å²) in [6, 6.07) is 16.1. The van der Waals surface area contributed by atoms with Crippen molar-refractivity contribution < 1.29 is 9.32 Å². The Morgan fingerprint density at radius 1 is 0.935 bits per heavy atom. The maximum atomic E-state index is 13.0. The molecule has 2 aromatic heterocycles. The summed E-state index contributed by atoms with van der Waals surface area (Å²) in [6.45, 7) is 0.665. The van der Waals surface area contributed by atoms with E-state index in [1.807, 2.05) is 30.3 Å². The lowest BCUT2D eigenvalue weighted by atomic mass is 10.0. The van der Waals surface area contributed by atoms with Gasteiger partial charge in [-0.05, 0) is 12.1 Å². The van der Waals surface area contributed by atoms with Crippen LogP contribution in [0.4, 0.5) is 0 Å². The van der Waals surface area contributed by atoms with E-state index in [-0.39, 0.29) is 18.0 Å². The Kier molecular flexibility index (Phi) is 4.55. The Balaban J connectivity index is 1.37. The minimum absolute atomic E-state index is 0.183. The summed E-state index contributed by atoms with van der Waals surface area (Å²) in [7, 11) is 0. The fraction of sp³-hybridized carbons (Fsp3) is 0.136. The molecule has 154 valence electrons. The second-order valence-electron chi connectivity index (χ2n) is 7.20. The van der Waals surface area contributed by atoms with Crippen molar-refractivity contribution >= 4 is 5.91 Å². The SMILES string of the molecule is O=C(c1ccc(-c2noc(=O)[nH]2)cc1)N1CCc2nc(-c3ccccc3)[nH]c(=O)c2C1. The molecule has 0 unspecified atom stereocenters. The predicted molar refractivity (Wildman–Crippen MR) is 111 cm³/mol. The highest BCUT2D eigenvalue weighted by molar-refractivity contribution is 5.94. The van der Waals surface area contributed by atoms with Gasteiger partial charge in [0.05, 0.1) is 17.8 Å². The van der Waals surface area contributed by atoms with E-state index >= 15 is 0 Å². The molecule has 1 amide bonds. The molecule has 0 fully saturated rings. The van der Waals surface area contributed by atoms with E-state index < -0.39 is 5.76 Å². The molecule has 0 saturated carbocycles. The number of rotatable bonds is 3. The molecule has 3 heterocycles. The van der Waals surface area contributed by atoms with Gasteiger partial charge in [-0.2, -0.15) is 0 Å². The molecule has 1 aliphatic rings. The zero-order chi connectivity index (χ0) is 21.4. The quantitative estimate of drug-likeness (QED) is 0.527. The molecule has 0 aliphatic carbocycles. The summed E-state index contributed by atoms with van der Waals surface area (Å²) in [5.41, 5.74) is 2.94. The van der Waals surface area contributed by atoms with Crippen molar-refractivity contribution in [3.8, 4) is 22.8 Å². The molecule has 9 heteroatoms.